The Morgan fingerprint density at radius 2 is 1.85 bits per heavy atom. The van der Waals surface area contributed by atoms with Crippen LogP contribution >= 0.6 is 23.5 Å². The molecule has 0 N–H and O–H groups in total. The number of hydrogen-bond acceptors (Lipinski definition) is 4. The van der Waals surface area contributed by atoms with E-state index in [2.05, 4.69) is 13.8 Å². The van der Waals surface area contributed by atoms with E-state index < -0.39 is 0 Å². The number of carbonyl (C=O) groups is 1. The van der Waals surface area contributed by atoms with Gasteiger partial charge in [0, 0.05) is 21.8 Å². The molecular formula is C16H20O2S2. The van der Waals surface area contributed by atoms with Crippen molar-refractivity contribution in [3.63, 3.8) is 0 Å². The summed E-state index contributed by atoms with van der Waals surface area (Å²) in [6, 6.07) is 7.68. The molecule has 0 bridgehead atoms. The number of rotatable bonds is 4. The van der Waals surface area contributed by atoms with Gasteiger partial charge < -0.3 is 4.74 Å². The Balaban J connectivity index is 1.64. The van der Waals surface area contributed by atoms with Gasteiger partial charge in [0.25, 0.3) is 0 Å². The van der Waals surface area contributed by atoms with Crippen molar-refractivity contribution in [3.8, 4) is 5.75 Å². The van der Waals surface area contributed by atoms with Crippen LogP contribution in [0.25, 0.3) is 0 Å². The Morgan fingerprint density at radius 1 is 1.15 bits per heavy atom. The van der Waals surface area contributed by atoms with E-state index in [0.29, 0.717) is 16.6 Å². The van der Waals surface area contributed by atoms with Crippen LogP contribution < -0.4 is 4.74 Å². The summed E-state index contributed by atoms with van der Waals surface area (Å²) in [6.45, 7) is 4.46. The highest BCUT2D eigenvalue weighted by Gasteiger charge is 2.31. The highest BCUT2D eigenvalue weighted by Crippen LogP contribution is 2.37. The van der Waals surface area contributed by atoms with Crippen LogP contribution in [0.5, 0.6) is 5.75 Å². The van der Waals surface area contributed by atoms with E-state index in [1.165, 1.54) is 0 Å². The Labute approximate surface area is 129 Å². The molecule has 1 aromatic carbocycles. The number of ketones is 1. The van der Waals surface area contributed by atoms with Crippen molar-refractivity contribution in [2.45, 2.75) is 48.5 Å². The first-order valence-corrected chi connectivity index (χ1v) is 9.20. The SMILES string of the molecule is CC1SCC(C(=O)c2ccc(OC3CC3)cc2)SC1C. The molecule has 1 saturated heterocycles. The lowest BCUT2D eigenvalue weighted by Crippen LogP contribution is -2.31. The molecular weight excluding hydrogens is 288 g/mol. The largest absolute Gasteiger partial charge is 0.490 e. The number of hydrogen-bond donors (Lipinski definition) is 0. The van der Waals surface area contributed by atoms with Gasteiger partial charge in [-0.1, -0.05) is 13.8 Å². The molecule has 2 fully saturated rings. The van der Waals surface area contributed by atoms with Gasteiger partial charge in [-0.3, -0.25) is 4.79 Å². The zero-order valence-corrected chi connectivity index (χ0v) is 13.5. The van der Waals surface area contributed by atoms with E-state index in [4.69, 9.17) is 4.74 Å². The molecule has 3 atom stereocenters. The Hall–Kier alpha value is -0.610. The molecule has 4 heteroatoms. The summed E-state index contributed by atoms with van der Waals surface area (Å²) in [4.78, 5) is 12.5. The highest BCUT2D eigenvalue weighted by molar-refractivity contribution is 8.08. The second-order valence-electron chi connectivity index (χ2n) is 5.57. The van der Waals surface area contributed by atoms with Crippen LogP contribution in [0.4, 0.5) is 0 Å². The van der Waals surface area contributed by atoms with Gasteiger partial charge in [0.2, 0.25) is 0 Å². The van der Waals surface area contributed by atoms with Gasteiger partial charge in [-0.25, -0.2) is 0 Å². The van der Waals surface area contributed by atoms with Crippen molar-refractivity contribution in [3.05, 3.63) is 29.8 Å². The first kappa shape index (κ1) is 14.3. The predicted octanol–water partition coefficient (Wildman–Crippen LogP) is 4.04. The standard InChI is InChI=1S/C16H20O2S2/c1-10-11(2)20-15(9-19-10)16(17)12-3-5-13(6-4-12)18-14-7-8-14/h3-6,10-11,14-15H,7-9H2,1-2H3. The van der Waals surface area contributed by atoms with Gasteiger partial charge in [-0.2, -0.15) is 11.8 Å². The van der Waals surface area contributed by atoms with Crippen molar-refractivity contribution in [2.75, 3.05) is 5.75 Å². The van der Waals surface area contributed by atoms with Crippen molar-refractivity contribution < 1.29 is 9.53 Å². The third kappa shape index (κ3) is 3.34. The summed E-state index contributed by atoms with van der Waals surface area (Å²) >= 11 is 3.73. The van der Waals surface area contributed by atoms with Gasteiger partial charge in [0.1, 0.15) is 5.75 Å². The van der Waals surface area contributed by atoms with Crippen molar-refractivity contribution in [1.29, 1.82) is 0 Å². The molecule has 0 spiro atoms. The minimum atomic E-state index is 0.0985. The third-order valence-electron chi connectivity index (χ3n) is 3.81. The van der Waals surface area contributed by atoms with E-state index in [0.717, 1.165) is 29.9 Å². The monoisotopic (exact) mass is 308 g/mol. The molecule has 0 aromatic heterocycles. The minimum absolute atomic E-state index is 0.0985. The van der Waals surface area contributed by atoms with E-state index in [9.17, 15) is 4.79 Å². The maximum Gasteiger partial charge on any atom is 0.176 e. The zero-order valence-electron chi connectivity index (χ0n) is 11.9. The molecule has 1 aliphatic carbocycles. The molecule has 0 radical (unpaired) electrons. The fourth-order valence-corrected chi connectivity index (χ4v) is 5.06. The summed E-state index contributed by atoms with van der Waals surface area (Å²) < 4.78 is 5.72. The molecule has 1 heterocycles. The molecule has 2 aliphatic rings. The molecule has 1 saturated carbocycles. The maximum atomic E-state index is 12.5. The number of benzene rings is 1. The van der Waals surface area contributed by atoms with E-state index in [1.807, 2.05) is 47.8 Å². The van der Waals surface area contributed by atoms with Crippen molar-refractivity contribution >= 4 is 29.3 Å². The molecule has 3 rings (SSSR count). The molecule has 1 aliphatic heterocycles. The highest BCUT2D eigenvalue weighted by atomic mass is 32.2. The predicted molar refractivity (Wildman–Crippen MR) is 87.2 cm³/mol. The first-order valence-electron chi connectivity index (χ1n) is 7.21. The molecule has 0 amide bonds. The van der Waals surface area contributed by atoms with Gasteiger partial charge in [0.05, 0.1) is 11.4 Å². The first-order chi connectivity index (χ1) is 9.63. The molecule has 20 heavy (non-hydrogen) atoms. The summed E-state index contributed by atoms with van der Waals surface area (Å²) in [5, 5.41) is 1.28. The quantitative estimate of drug-likeness (QED) is 0.784. The fraction of sp³-hybridized carbons (Fsp3) is 0.562. The van der Waals surface area contributed by atoms with Crippen LogP contribution in [0, 0.1) is 0 Å². The lowest BCUT2D eigenvalue weighted by atomic mass is 10.1. The van der Waals surface area contributed by atoms with Crippen LogP contribution in [0.2, 0.25) is 0 Å². The Bertz CT molecular complexity index is 482. The van der Waals surface area contributed by atoms with Gasteiger partial charge >= 0.3 is 0 Å². The van der Waals surface area contributed by atoms with Gasteiger partial charge in [0.15, 0.2) is 5.78 Å². The smallest absolute Gasteiger partial charge is 0.176 e. The van der Waals surface area contributed by atoms with Crippen LogP contribution in [0.1, 0.15) is 37.0 Å². The fourth-order valence-electron chi connectivity index (χ4n) is 2.18. The number of ether oxygens (including phenoxy) is 1. The second-order valence-corrected chi connectivity index (χ2v) is 8.57. The normalized spacial score (nSPS) is 30.0. The molecule has 3 unspecified atom stereocenters. The molecule has 2 nitrogen and oxygen atoms in total. The van der Waals surface area contributed by atoms with Crippen LogP contribution in [0.15, 0.2) is 24.3 Å². The lowest BCUT2D eigenvalue weighted by molar-refractivity contribution is 0.0994. The second kappa shape index (κ2) is 6.02. The maximum absolute atomic E-state index is 12.5. The summed E-state index contributed by atoms with van der Waals surface area (Å²) in [5.41, 5.74) is 0.813. The molecule has 1 aromatic rings. The third-order valence-corrected chi connectivity index (χ3v) is 7.20. The average Bonchev–Trinajstić information content (AvgIpc) is 3.26. The van der Waals surface area contributed by atoms with Crippen LogP contribution in [0.3, 0.4) is 0 Å². The summed E-state index contributed by atoms with van der Waals surface area (Å²) in [5.74, 6) is 2.07. The molecule has 108 valence electrons. The summed E-state index contributed by atoms with van der Waals surface area (Å²) in [6.07, 6.45) is 2.73. The lowest BCUT2D eigenvalue weighted by Gasteiger charge is -2.30. The zero-order chi connectivity index (χ0) is 14.1. The minimum Gasteiger partial charge on any atom is -0.490 e. The van der Waals surface area contributed by atoms with Crippen molar-refractivity contribution in [1.82, 2.24) is 0 Å². The topological polar surface area (TPSA) is 26.3 Å². The number of carbonyl (C=O) groups excluding carboxylic acids is 1. The Kier molecular flexibility index (Phi) is 4.32. The Morgan fingerprint density at radius 3 is 2.45 bits per heavy atom. The van der Waals surface area contributed by atoms with Crippen LogP contribution in [-0.4, -0.2) is 33.4 Å². The van der Waals surface area contributed by atoms with Gasteiger partial charge in [-0.05, 0) is 37.1 Å². The van der Waals surface area contributed by atoms with E-state index in [1.54, 1.807) is 0 Å². The van der Waals surface area contributed by atoms with E-state index >= 15 is 0 Å². The number of Topliss-reactive ketones (excluding diaryl/α,β-unsaturated/α-hetero) is 1. The van der Waals surface area contributed by atoms with Crippen molar-refractivity contribution in [2.24, 2.45) is 0 Å². The summed E-state index contributed by atoms with van der Waals surface area (Å²) in [7, 11) is 0. The van der Waals surface area contributed by atoms with Gasteiger partial charge in [-0.15, -0.1) is 11.8 Å². The van der Waals surface area contributed by atoms with E-state index in [-0.39, 0.29) is 11.0 Å². The average molecular weight is 308 g/mol. The van der Waals surface area contributed by atoms with Crippen LogP contribution in [-0.2, 0) is 0 Å². The number of thioether (sulfide) groups is 2.